The lowest BCUT2D eigenvalue weighted by Crippen LogP contribution is -2.26. The molecule has 5 rings (SSSR count). The van der Waals surface area contributed by atoms with Crippen molar-refractivity contribution in [2.75, 3.05) is 13.2 Å². The third-order valence-corrected chi connectivity index (χ3v) is 5.61. The number of nitrogens with one attached hydrogen (secondary N) is 2. The number of hydrogen-bond acceptors (Lipinski definition) is 3. The molecule has 0 spiro atoms. The molecule has 1 aromatic heterocycles. The summed E-state index contributed by atoms with van der Waals surface area (Å²) >= 11 is 0. The van der Waals surface area contributed by atoms with Crippen LogP contribution in [-0.2, 0) is 4.74 Å². The fourth-order valence-corrected chi connectivity index (χ4v) is 4.14. The summed E-state index contributed by atoms with van der Waals surface area (Å²) in [6.07, 6.45) is 1.24. The average Bonchev–Trinajstić information content (AvgIpc) is 3.48. The van der Waals surface area contributed by atoms with Crippen LogP contribution in [0.15, 0.2) is 85.1 Å². The maximum atomic E-state index is 12.3. The van der Waals surface area contributed by atoms with Gasteiger partial charge in [0.25, 0.3) is 0 Å². The molecule has 0 aliphatic heterocycles. The number of rotatable bonds is 4. The predicted molar refractivity (Wildman–Crippen MR) is 124 cm³/mol. The Kier molecular flexibility index (Phi) is 5.42. The van der Waals surface area contributed by atoms with E-state index in [2.05, 4.69) is 51.6 Å². The van der Waals surface area contributed by atoms with Crippen LogP contribution in [0.25, 0.3) is 22.4 Å². The van der Waals surface area contributed by atoms with Crippen molar-refractivity contribution in [1.29, 1.82) is 0 Å². The largest absolute Gasteiger partial charge is 0.449 e. The summed E-state index contributed by atoms with van der Waals surface area (Å²) in [4.78, 5) is 12.3. The first-order valence-electron chi connectivity index (χ1n) is 10.5. The van der Waals surface area contributed by atoms with Crippen molar-refractivity contribution >= 4 is 6.09 Å². The van der Waals surface area contributed by atoms with Gasteiger partial charge in [0.1, 0.15) is 6.61 Å². The summed E-state index contributed by atoms with van der Waals surface area (Å²) in [5.74, 6) is 6.15. The Bertz CT molecular complexity index is 1270. The fraction of sp³-hybridized carbons (Fsp3) is 0.111. The number of fused-ring (bicyclic) bond motifs is 3. The van der Waals surface area contributed by atoms with Crippen LogP contribution in [0.4, 0.5) is 4.79 Å². The molecular formula is C27H21N3O2. The van der Waals surface area contributed by atoms with Crippen LogP contribution in [0.2, 0.25) is 0 Å². The smallest absolute Gasteiger partial charge is 0.407 e. The van der Waals surface area contributed by atoms with Gasteiger partial charge in [0.05, 0.1) is 12.2 Å². The number of H-pyrrole nitrogens is 1. The highest BCUT2D eigenvalue weighted by Gasteiger charge is 2.28. The summed E-state index contributed by atoms with van der Waals surface area (Å²) in [5.41, 5.74) is 7.54. The first kappa shape index (κ1) is 19.7. The van der Waals surface area contributed by atoms with Crippen LogP contribution < -0.4 is 5.32 Å². The predicted octanol–water partition coefficient (Wildman–Crippen LogP) is 4.97. The molecule has 5 heteroatoms. The van der Waals surface area contributed by atoms with Crippen LogP contribution >= 0.6 is 0 Å². The summed E-state index contributed by atoms with van der Waals surface area (Å²) in [5, 5.41) is 9.67. The highest BCUT2D eigenvalue weighted by atomic mass is 16.5. The molecule has 2 N–H and O–H groups in total. The van der Waals surface area contributed by atoms with Gasteiger partial charge >= 0.3 is 6.09 Å². The van der Waals surface area contributed by atoms with Gasteiger partial charge in [-0.1, -0.05) is 78.6 Å². The van der Waals surface area contributed by atoms with E-state index in [4.69, 9.17) is 4.74 Å². The van der Waals surface area contributed by atoms with Gasteiger partial charge in [-0.05, 0) is 34.4 Å². The Hall–Kier alpha value is -4.30. The summed E-state index contributed by atoms with van der Waals surface area (Å²) in [7, 11) is 0. The molecule has 3 aromatic carbocycles. The minimum absolute atomic E-state index is 0.0421. The zero-order valence-corrected chi connectivity index (χ0v) is 17.3. The highest BCUT2D eigenvalue weighted by molar-refractivity contribution is 5.79. The number of nitrogens with zero attached hydrogens (tertiary/aromatic N) is 1. The molecule has 4 aromatic rings. The van der Waals surface area contributed by atoms with Crippen molar-refractivity contribution in [2.45, 2.75) is 5.92 Å². The van der Waals surface area contributed by atoms with Crippen LogP contribution in [0, 0.1) is 11.8 Å². The molecule has 1 amide bonds. The Morgan fingerprint density at radius 2 is 1.56 bits per heavy atom. The van der Waals surface area contributed by atoms with E-state index in [1.165, 1.54) is 22.3 Å². The Morgan fingerprint density at radius 1 is 0.906 bits per heavy atom. The summed E-state index contributed by atoms with van der Waals surface area (Å²) < 4.78 is 5.54. The number of amides is 1. The van der Waals surface area contributed by atoms with Crippen molar-refractivity contribution in [3.05, 3.63) is 102 Å². The second kappa shape index (κ2) is 8.83. The lowest BCUT2D eigenvalue weighted by atomic mass is 9.98. The maximum Gasteiger partial charge on any atom is 0.407 e. The average molecular weight is 419 g/mol. The number of aromatic amines is 1. The van der Waals surface area contributed by atoms with Gasteiger partial charge in [-0.3, -0.25) is 5.10 Å². The van der Waals surface area contributed by atoms with Crippen LogP contribution in [-0.4, -0.2) is 29.4 Å². The number of ether oxygens (including phenoxy) is 1. The van der Waals surface area contributed by atoms with E-state index in [-0.39, 0.29) is 19.1 Å². The van der Waals surface area contributed by atoms with Crippen LogP contribution in [0.3, 0.4) is 0 Å². The number of hydrogen-bond donors (Lipinski definition) is 2. The molecule has 5 nitrogen and oxygen atoms in total. The molecule has 0 saturated carbocycles. The Balaban J connectivity index is 1.20. The molecule has 0 atom stereocenters. The molecule has 0 radical (unpaired) electrons. The zero-order valence-electron chi connectivity index (χ0n) is 17.3. The molecule has 32 heavy (non-hydrogen) atoms. The quantitative estimate of drug-likeness (QED) is 0.459. The van der Waals surface area contributed by atoms with E-state index in [1.54, 1.807) is 6.20 Å². The Morgan fingerprint density at radius 3 is 2.25 bits per heavy atom. The van der Waals surface area contributed by atoms with E-state index < -0.39 is 6.09 Å². The third kappa shape index (κ3) is 3.86. The van der Waals surface area contributed by atoms with Gasteiger partial charge in [-0.25, -0.2) is 4.79 Å². The fourth-order valence-electron chi connectivity index (χ4n) is 4.14. The van der Waals surface area contributed by atoms with E-state index in [1.807, 2.05) is 54.6 Å². The molecule has 1 aliphatic rings. The second-order valence-corrected chi connectivity index (χ2v) is 7.50. The molecule has 0 fully saturated rings. The molecule has 0 bridgehead atoms. The van der Waals surface area contributed by atoms with Gasteiger partial charge < -0.3 is 10.1 Å². The summed E-state index contributed by atoms with van der Waals surface area (Å²) in [6, 6.07) is 26.3. The van der Waals surface area contributed by atoms with E-state index >= 15 is 0 Å². The van der Waals surface area contributed by atoms with Crippen molar-refractivity contribution in [3.63, 3.8) is 0 Å². The minimum atomic E-state index is -0.469. The van der Waals surface area contributed by atoms with Crippen molar-refractivity contribution in [3.8, 4) is 34.2 Å². The van der Waals surface area contributed by atoms with Gasteiger partial charge in [0.2, 0.25) is 0 Å². The number of carbonyl (C=O) groups is 1. The molecule has 1 heterocycles. The third-order valence-electron chi connectivity index (χ3n) is 5.61. The SMILES string of the molecule is O=C(NCC#Cc1ccccc1-c1ccn[nH]1)OCC1c2ccccc2-c2ccccc21. The standard InChI is InChI=1S/C27H21N3O2/c31-27(28-16-7-9-19-8-1-2-10-20(19)26-15-17-29-30-26)32-18-25-23-13-5-3-11-21(23)22-12-4-6-14-24(22)25/h1-6,8,10-15,17,25H,16,18H2,(H,28,31)(H,29,30). The first-order chi connectivity index (χ1) is 15.8. The van der Waals surface area contributed by atoms with Gasteiger partial charge in [-0.15, -0.1) is 0 Å². The number of alkyl carbamates (subject to hydrolysis) is 1. The lowest BCUT2D eigenvalue weighted by molar-refractivity contribution is 0.144. The van der Waals surface area contributed by atoms with Crippen molar-refractivity contribution in [1.82, 2.24) is 15.5 Å². The summed E-state index contributed by atoms with van der Waals surface area (Å²) in [6.45, 7) is 0.490. The minimum Gasteiger partial charge on any atom is -0.449 e. The zero-order chi connectivity index (χ0) is 21.8. The van der Waals surface area contributed by atoms with E-state index in [9.17, 15) is 4.79 Å². The topological polar surface area (TPSA) is 67.0 Å². The number of aromatic nitrogens is 2. The molecule has 0 unspecified atom stereocenters. The van der Waals surface area contributed by atoms with Gasteiger partial charge in [-0.2, -0.15) is 5.10 Å². The molecule has 0 saturated heterocycles. The number of carbonyl (C=O) groups excluding carboxylic acids is 1. The van der Waals surface area contributed by atoms with E-state index in [0.29, 0.717) is 0 Å². The second-order valence-electron chi connectivity index (χ2n) is 7.50. The monoisotopic (exact) mass is 419 g/mol. The van der Waals surface area contributed by atoms with Crippen LogP contribution in [0.5, 0.6) is 0 Å². The maximum absolute atomic E-state index is 12.3. The van der Waals surface area contributed by atoms with Crippen molar-refractivity contribution < 1.29 is 9.53 Å². The van der Waals surface area contributed by atoms with Crippen LogP contribution in [0.1, 0.15) is 22.6 Å². The molecular weight excluding hydrogens is 398 g/mol. The molecule has 156 valence electrons. The van der Waals surface area contributed by atoms with Crippen molar-refractivity contribution in [2.24, 2.45) is 0 Å². The molecule has 1 aliphatic carbocycles. The first-order valence-corrected chi connectivity index (χ1v) is 10.5. The lowest BCUT2D eigenvalue weighted by Gasteiger charge is -2.14. The Labute approximate surface area is 186 Å². The number of benzene rings is 3. The normalized spacial score (nSPS) is 11.8. The van der Waals surface area contributed by atoms with Gasteiger partial charge in [0, 0.05) is 23.2 Å². The van der Waals surface area contributed by atoms with Gasteiger partial charge in [0.15, 0.2) is 0 Å². The van der Waals surface area contributed by atoms with E-state index in [0.717, 1.165) is 16.8 Å². The highest BCUT2D eigenvalue weighted by Crippen LogP contribution is 2.44.